The van der Waals surface area contributed by atoms with Gasteiger partial charge in [0, 0.05) is 57.9 Å². The van der Waals surface area contributed by atoms with E-state index in [0.717, 1.165) is 37.3 Å². The summed E-state index contributed by atoms with van der Waals surface area (Å²) >= 11 is 0. The van der Waals surface area contributed by atoms with Crippen LogP contribution >= 0.6 is 0 Å². The van der Waals surface area contributed by atoms with Gasteiger partial charge in [-0.3, -0.25) is 24.6 Å². The molecule has 2 unspecified atom stereocenters. The standard InChI is InChI=1S/C20H26N4O4/c1-28-12-15-9-21-6-7-23(15)10-13-2-3-14-11-24(20(27)16(14)8-13)17-4-5-18(25)22-19(17)26/h2-3,8,15,17,21H,4-7,9-12H2,1H3,(H,22,25,26). The van der Waals surface area contributed by atoms with Crippen molar-refractivity contribution in [1.29, 1.82) is 0 Å². The molecule has 2 N–H and O–H groups in total. The number of hydrogen-bond donors (Lipinski definition) is 2. The molecule has 2 saturated heterocycles. The molecule has 4 rings (SSSR count). The second kappa shape index (κ2) is 7.98. The number of rotatable bonds is 5. The lowest BCUT2D eigenvalue weighted by Crippen LogP contribution is -2.52. The molecule has 1 aromatic carbocycles. The highest BCUT2D eigenvalue weighted by atomic mass is 16.5. The zero-order valence-corrected chi connectivity index (χ0v) is 16.1. The van der Waals surface area contributed by atoms with Crippen LogP contribution in [0.1, 0.15) is 34.3 Å². The quantitative estimate of drug-likeness (QED) is 0.685. The summed E-state index contributed by atoms with van der Waals surface area (Å²) in [6.45, 7) is 4.60. The molecule has 3 aliphatic rings. The predicted octanol–water partition coefficient (Wildman–Crippen LogP) is -0.132. The fourth-order valence-electron chi connectivity index (χ4n) is 4.30. The number of piperidine rings is 1. The van der Waals surface area contributed by atoms with E-state index in [-0.39, 0.29) is 24.1 Å². The molecule has 28 heavy (non-hydrogen) atoms. The minimum atomic E-state index is -0.569. The van der Waals surface area contributed by atoms with Gasteiger partial charge in [-0.15, -0.1) is 0 Å². The molecule has 8 nitrogen and oxygen atoms in total. The van der Waals surface area contributed by atoms with Gasteiger partial charge in [-0.05, 0) is 23.6 Å². The van der Waals surface area contributed by atoms with E-state index >= 15 is 0 Å². The average molecular weight is 386 g/mol. The highest BCUT2D eigenvalue weighted by Crippen LogP contribution is 2.28. The minimum absolute atomic E-state index is 0.125. The van der Waals surface area contributed by atoms with Crippen molar-refractivity contribution in [2.75, 3.05) is 33.4 Å². The van der Waals surface area contributed by atoms with Gasteiger partial charge in [0.25, 0.3) is 5.91 Å². The Labute approximate surface area is 164 Å². The molecule has 2 fully saturated rings. The van der Waals surface area contributed by atoms with Gasteiger partial charge in [0.15, 0.2) is 0 Å². The summed E-state index contributed by atoms with van der Waals surface area (Å²) in [6, 6.07) is 5.74. The summed E-state index contributed by atoms with van der Waals surface area (Å²) in [4.78, 5) is 40.5. The van der Waals surface area contributed by atoms with Crippen LogP contribution in [-0.4, -0.2) is 73.0 Å². The number of fused-ring (bicyclic) bond motifs is 1. The fourth-order valence-corrected chi connectivity index (χ4v) is 4.30. The van der Waals surface area contributed by atoms with Gasteiger partial charge in [0.05, 0.1) is 6.61 Å². The molecule has 1 aromatic rings. The van der Waals surface area contributed by atoms with Crippen LogP contribution < -0.4 is 10.6 Å². The molecule has 3 heterocycles. The van der Waals surface area contributed by atoms with Crippen molar-refractivity contribution in [2.45, 2.75) is 38.0 Å². The first kappa shape index (κ1) is 19.0. The highest BCUT2D eigenvalue weighted by molar-refractivity contribution is 6.05. The first-order valence-corrected chi connectivity index (χ1v) is 9.77. The van der Waals surface area contributed by atoms with Crippen molar-refractivity contribution >= 4 is 17.7 Å². The molecular formula is C20H26N4O4. The number of carbonyl (C=O) groups is 3. The molecule has 2 atom stereocenters. The molecule has 150 valence electrons. The zero-order chi connectivity index (χ0) is 19.7. The number of hydrogen-bond acceptors (Lipinski definition) is 6. The van der Waals surface area contributed by atoms with E-state index in [0.29, 0.717) is 31.2 Å². The molecule has 0 radical (unpaired) electrons. The summed E-state index contributed by atoms with van der Waals surface area (Å²) in [5.74, 6) is -0.768. The lowest BCUT2D eigenvalue weighted by Gasteiger charge is -2.35. The van der Waals surface area contributed by atoms with E-state index in [1.807, 2.05) is 12.1 Å². The Morgan fingerprint density at radius 3 is 2.89 bits per heavy atom. The molecular weight excluding hydrogens is 360 g/mol. The Kier molecular flexibility index (Phi) is 5.43. The third kappa shape index (κ3) is 3.67. The van der Waals surface area contributed by atoms with Crippen molar-refractivity contribution in [1.82, 2.24) is 20.4 Å². The minimum Gasteiger partial charge on any atom is -0.383 e. The van der Waals surface area contributed by atoms with Crippen LogP contribution in [0.25, 0.3) is 0 Å². The van der Waals surface area contributed by atoms with E-state index in [2.05, 4.69) is 21.6 Å². The number of methoxy groups -OCH3 is 1. The van der Waals surface area contributed by atoms with Crippen molar-refractivity contribution in [3.63, 3.8) is 0 Å². The number of piperazine rings is 1. The summed E-state index contributed by atoms with van der Waals surface area (Å²) in [5, 5.41) is 5.73. The van der Waals surface area contributed by atoms with Gasteiger partial charge in [-0.25, -0.2) is 0 Å². The van der Waals surface area contributed by atoms with Gasteiger partial charge < -0.3 is 15.0 Å². The third-order valence-electron chi connectivity index (χ3n) is 5.81. The zero-order valence-electron chi connectivity index (χ0n) is 16.1. The number of imide groups is 1. The van der Waals surface area contributed by atoms with Crippen molar-refractivity contribution < 1.29 is 19.1 Å². The lowest BCUT2D eigenvalue weighted by molar-refractivity contribution is -0.136. The van der Waals surface area contributed by atoms with Crippen LogP contribution in [0.2, 0.25) is 0 Å². The van der Waals surface area contributed by atoms with Crippen LogP contribution in [0.3, 0.4) is 0 Å². The monoisotopic (exact) mass is 386 g/mol. The van der Waals surface area contributed by atoms with Crippen LogP contribution in [0.5, 0.6) is 0 Å². The Morgan fingerprint density at radius 2 is 2.11 bits per heavy atom. The van der Waals surface area contributed by atoms with Gasteiger partial charge in [-0.2, -0.15) is 0 Å². The molecule has 3 aliphatic heterocycles. The van der Waals surface area contributed by atoms with Gasteiger partial charge >= 0.3 is 0 Å². The summed E-state index contributed by atoms with van der Waals surface area (Å²) in [7, 11) is 1.71. The Hall–Kier alpha value is -2.29. The molecule has 0 bridgehead atoms. The maximum atomic E-state index is 13.0. The van der Waals surface area contributed by atoms with Crippen LogP contribution in [-0.2, 0) is 27.4 Å². The molecule has 0 aromatic heterocycles. The maximum Gasteiger partial charge on any atom is 0.255 e. The maximum absolute atomic E-state index is 13.0. The smallest absolute Gasteiger partial charge is 0.255 e. The molecule has 0 spiro atoms. The first-order valence-electron chi connectivity index (χ1n) is 9.77. The van der Waals surface area contributed by atoms with Crippen LogP contribution in [0, 0.1) is 0 Å². The SMILES string of the molecule is COCC1CNCCN1Cc1ccc2c(c1)C(=O)N(C1CCC(=O)NC1=O)C2. The Morgan fingerprint density at radius 1 is 1.25 bits per heavy atom. The second-order valence-electron chi connectivity index (χ2n) is 7.68. The normalized spacial score (nSPS) is 25.8. The first-order chi connectivity index (χ1) is 13.6. The largest absolute Gasteiger partial charge is 0.383 e. The Bertz CT molecular complexity index is 794. The topological polar surface area (TPSA) is 91.0 Å². The summed E-state index contributed by atoms with van der Waals surface area (Å²) in [5.41, 5.74) is 2.69. The molecule has 8 heteroatoms. The Balaban J connectivity index is 1.48. The van der Waals surface area contributed by atoms with E-state index in [9.17, 15) is 14.4 Å². The lowest BCUT2D eigenvalue weighted by atomic mass is 10.0. The van der Waals surface area contributed by atoms with Crippen molar-refractivity contribution in [2.24, 2.45) is 0 Å². The number of amides is 3. The van der Waals surface area contributed by atoms with Gasteiger partial charge in [0.2, 0.25) is 11.8 Å². The van der Waals surface area contributed by atoms with E-state index in [1.165, 1.54) is 0 Å². The number of benzene rings is 1. The third-order valence-corrected chi connectivity index (χ3v) is 5.81. The predicted molar refractivity (Wildman–Crippen MR) is 101 cm³/mol. The van der Waals surface area contributed by atoms with Crippen LogP contribution in [0.15, 0.2) is 18.2 Å². The summed E-state index contributed by atoms with van der Waals surface area (Å²) < 4.78 is 5.33. The highest BCUT2D eigenvalue weighted by Gasteiger charge is 2.39. The van der Waals surface area contributed by atoms with Crippen molar-refractivity contribution in [3.05, 3.63) is 34.9 Å². The van der Waals surface area contributed by atoms with Gasteiger partial charge in [0.1, 0.15) is 6.04 Å². The number of carbonyl (C=O) groups excluding carboxylic acids is 3. The molecule has 0 saturated carbocycles. The number of ether oxygens (including phenoxy) is 1. The molecule has 0 aliphatic carbocycles. The summed E-state index contributed by atoms with van der Waals surface area (Å²) in [6.07, 6.45) is 0.655. The number of nitrogens with one attached hydrogen (secondary N) is 2. The van der Waals surface area contributed by atoms with E-state index in [1.54, 1.807) is 12.0 Å². The second-order valence-corrected chi connectivity index (χ2v) is 7.68. The van der Waals surface area contributed by atoms with Crippen LogP contribution in [0.4, 0.5) is 0 Å². The molecule has 3 amide bonds. The van der Waals surface area contributed by atoms with Gasteiger partial charge in [-0.1, -0.05) is 12.1 Å². The number of nitrogens with zero attached hydrogens (tertiary/aromatic N) is 2. The average Bonchev–Trinajstić information content (AvgIpc) is 3.00. The van der Waals surface area contributed by atoms with E-state index < -0.39 is 6.04 Å². The fraction of sp³-hybridized carbons (Fsp3) is 0.550. The van der Waals surface area contributed by atoms with Crippen molar-refractivity contribution in [3.8, 4) is 0 Å². The van der Waals surface area contributed by atoms with E-state index in [4.69, 9.17) is 4.74 Å².